The van der Waals surface area contributed by atoms with Crippen LogP contribution in [-0.2, 0) is 0 Å². The number of allylic oxidation sites excluding steroid dienone is 5. The standard InChI is InChI=1S/C11H18N2.C3H7N/c1-10(2)5-4-6-11(3)7-8-13-9-12;1-3(2)4/h4-7,9H,8H2,1-3H3,(H2,12,13);4H,1-2H3/b6-4-,11-7+;. The Kier molecular flexibility index (Phi) is 13.0. The van der Waals surface area contributed by atoms with Crippen LogP contribution >= 0.6 is 0 Å². The maximum Gasteiger partial charge on any atom is 0.0801 e. The Morgan fingerprint density at radius 2 is 1.71 bits per heavy atom. The van der Waals surface area contributed by atoms with Gasteiger partial charge in [0.1, 0.15) is 0 Å². The Hall–Kier alpha value is -1.64. The summed E-state index contributed by atoms with van der Waals surface area (Å²) in [4.78, 5) is 3.88. The van der Waals surface area contributed by atoms with Crippen molar-refractivity contribution in [1.82, 2.24) is 0 Å². The normalized spacial score (nSPS) is 11.2. The lowest BCUT2D eigenvalue weighted by atomic mass is 10.2. The third kappa shape index (κ3) is 25.0. The molecular formula is C14H25N3. The largest absolute Gasteiger partial charge is 0.390 e. The minimum Gasteiger partial charge on any atom is -0.390 e. The fraction of sp³-hybridized carbons (Fsp3) is 0.429. The first-order chi connectivity index (χ1) is 7.90. The van der Waals surface area contributed by atoms with Crippen molar-refractivity contribution in [1.29, 1.82) is 5.41 Å². The molecule has 0 rings (SSSR count). The second-order valence-corrected chi connectivity index (χ2v) is 4.07. The highest BCUT2D eigenvalue weighted by atomic mass is 14.8. The number of aliphatic imine (C=N–C) groups is 1. The first-order valence-corrected chi connectivity index (χ1v) is 5.60. The molecule has 0 aliphatic rings. The van der Waals surface area contributed by atoms with Gasteiger partial charge in [-0.05, 0) is 34.6 Å². The van der Waals surface area contributed by atoms with E-state index in [-0.39, 0.29) is 0 Å². The van der Waals surface area contributed by atoms with Gasteiger partial charge in [-0.2, -0.15) is 0 Å². The van der Waals surface area contributed by atoms with Crippen molar-refractivity contribution in [2.75, 3.05) is 6.54 Å². The minimum absolute atomic E-state index is 0.654. The summed E-state index contributed by atoms with van der Waals surface area (Å²) in [5.74, 6) is 0. The number of rotatable bonds is 4. The van der Waals surface area contributed by atoms with Crippen LogP contribution in [0.4, 0.5) is 0 Å². The molecular weight excluding hydrogens is 210 g/mol. The Morgan fingerprint density at radius 1 is 1.18 bits per heavy atom. The lowest BCUT2D eigenvalue weighted by Gasteiger charge is -1.89. The smallest absolute Gasteiger partial charge is 0.0801 e. The van der Waals surface area contributed by atoms with E-state index in [9.17, 15) is 0 Å². The summed E-state index contributed by atoms with van der Waals surface area (Å²) >= 11 is 0. The third-order valence-corrected chi connectivity index (χ3v) is 1.41. The Labute approximate surface area is 105 Å². The van der Waals surface area contributed by atoms with Crippen LogP contribution in [0.3, 0.4) is 0 Å². The Bertz CT molecular complexity index is 312. The van der Waals surface area contributed by atoms with Crippen LogP contribution < -0.4 is 5.73 Å². The van der Waals surface area contributed by atoms with Gasteiger partial charge in [0.15, 0.2) is 0 Å². The van der Waals surface area contributed by atoms with Crippen molar-refractivity contribution in [3.63, 3.8) is 0 Å². The lowest BCUT2D eigenvalue weighted by Crippen LogP contribution is -1.89. The molecule has 0 aliphatic carbocycles. The van der Waals surface area contributed by atoms with Gasteiger partial charge in [-0.1, -0.05) is 35.5 Å². The zero-order chi connectivity index (χ0) is 13.7. The van der Waals surface area contributed by atoms with E-state index in [0.29, 0.717) is 12.3 Å². The summed E-state index contributed by atoms with van der Waals surface area (Å²) in [5, 5.41) is 6.50. The number of hydrogen-bond acceptors (Lipinski definition) is 2. The SMILES string of the molecule is CC(C)=C/C=C\C(C)=C\CN=CN.CC(C)=N. The fourth-order valence-electron chi connectivity index (χ4n) is 0.718. The molecule has 0 saturated heterocycles. The van der Waals surface area contributed by atoms with E-state index in [1.54, 1.807) is 13.8 Å². The maximum atomic E-state index is 6.50. The first-order valence-electron chi connectivity index (χ1n) is 5.60. The zero-order valence-electron chi connectivity index (χ0n) is 11.6. The minimum atomic E-state index is 0.654. The van der Waals surface area contributed by atoms with Crippen LogP contribution in [0.25, 0.3) is 0 Å². The monoisotopic (exact) mass is 235 g/mol. The molecule has 0 amide bonds. The Morgan fingerprint density at radius 3 is 2.12 bits per heavy atom. The Balaban J connectivity index is 0. The summed E-state index contributed by atoms with van der Waals surface area (Å²) < 4.78 is 0. The van der Waals surface area contributed by atoms with Gasteiger partial charge >= 0.3 is 0 Å². The highest BCUT2D eigenvalue weighted by molar-refractivity contribution is 5.75. The van der Waals surface area contributed by atoms with Crippen molar-refractivity contribution in [3.8, 4) is 0 Å². The van der Waals surface area contributed by atoms with Gasteiger partial charge in [-0.25, -0.2) is 0 Å². The van der Waals surface area contributed by atoms with Crippen LogP contribution in [0, 0.1) is 5.41 Å². The molecule has 0 saturated carbocycles. The summed E-state index contributed by atoms with van der Waals surface area (Å²) in [7, 11) is 0. The van der Waals surface area contributed by atoms with Crippen molar-refractivity contribution in [2.24, 2.45) is 10.7 Å². The molecule has 0 aromatic carbocycles. The molecule has 0 atom stereocenters. The molecule has 96 valence electrons. The molecule has 0 aromatic heterocycles. The van der Waals surface area contributed by atoms with Crippen LogP contribution in [-0.4, -0.2) is 18.6 Å². The van der Waals surface area contributed by atoms with Crippen molar-refractivity contribution in [2.45, 2.75) is 34.6 Å². The predicted octanol–water partition coefficient (Wildman–Crippen LogP) is 3.49. The van der Waals surface area contributed by atoms with Crippen molar-refractivity contribution >= 4 is 12.1 Å². The van der Waals surface area contributed by atoms with E-state index < -0.39 is 0 Å². The number of hydrogen-bond donors (Lipinski definition) is 2. The molecule has 0 spiro atoms. The molecule has 0 radical (unpaired) electrons. The summed E-state index contributed by atoms with van der Waals surface area (Å²) in [6.07, 6.45) is 9.51. The fourth-order valence-corrected chi connectivity index (χ4v) is 0.718. The van der Waals surface area contributed by atoms with Gasteiger partial charge in [0.2, 0.25) is 0 Å². The molecule has 0 unspecified atom stereocenters. The molecule has 0 fully saturated rings. The maximum absolute atomic E-state index is 6.50. The first kappa shape index (κ1) is 17.7. The lowest BCUT2D eigenvalue weighted by molar-refractivity contribution is 1.22. The van der Waals surface area contributed by atoms with Gasteiger partial charge in [0, 0.05) is 5.71 Å². The van der Waals surface area contributed by atoms with Crippen molar-refractivity contribution < 1.29 is 0 Å². The van der Waals surface area contributed by atoms with E-state index in [0.717, 1.165) is 0 Å². The second-order valence-electron chi connectivity index (χ2n) is 4.07. The van der Waals surface area contributed by atoms with Crippen LogP contribution in [0.15, 0.2) is 40.4 Å². The summed E-state index contributed by atoms with van der Waals surface area (Å²) in [6, 6.07) is 0. The predicted molar refractivity (Wildman–Crippen MR) is 78.9 cm³/mol. The molecule has 0 aromatic rings. The van der Waals surface area contributed by atoms with Gasteiger partial charge in [0.25, 0.3) is 0 Å². The van der Waals surface area contributed by atoms with Gasteiger partial charge in [-0.15, -0.1) is 0 Å². The van der Waals surface area contributed by atoms with E-state index in [2.05, 4.69) is 31.0 Å². The van der Waals surface area contributed by atoms with Gasteiger partial charge < -0.3 is 11.1 Å². The molecule has 3 N–H and O–H groups in total. The third-order valence-electron chi connectivity index (χ3n) is 1.41. The average molecular weight is 235 g/mol. The summed E-state index contributed by atoms with van der Waals surface area (Å²) in [6.45, 7) is 10.3. The zero-order valence-corrected chi connectivity index (χ0v) is 11.6. The second kappa shape index (κ2) is 12.4. The quantitative estimate of drug-likeness (QED) is 0.437. The van der Waals surface area contributed by atoms with Crippen molar-refractivity contribution in [3.05, 3.63) is 35.5 Å². The van der Waals surface area contributed by atoms with E-state index in [4.69, 9.17) is 11.1 Å². The van der Waals surface area contributed by atoms with Crippen LogP contribution in [0.1, 0.15) is 34.6 Å². The molecule has 0 aliphatic heterocycles. The highest BCUT2D eigenvalue weighted by Crippen LogP contribution is 1.96. The van der Waals surface area contributed by atoms with E-state index in [1.165, 1.54) is 17.5 Å². The summed E-state index contributed by atoms with van der Waals surface area (Å²) in [5.41, 5.74) is 8.27. The average Bonchev–Trinajstić information content (AvgIpc) is 2.16. The van der Waals surface area contributed by atoms with E-state index in [1.807, 2.05) is 19.1 Å². The molecule has 0 heterocycles. The van der Waals surface area contributed by atoms with E-state index >= 15 is 0 Å². The van der Waals surface area contributed by atoms with Crippen LogP contribution in [0.5, 0.6) is 0 Å². The van der Waals surface area contributed by atoms with Gasteiger partial charge in [0.05, 0.1) is 12.9 Å². The van der Waals surface area contributed by atoms with Crippen LogP contribution in [0.2, 0.25) is 0 Å². The molecule has 3 nitrogen and oxygen atoms in total. The number of nitrogens with zero attached hydrogens (tertiary/aromatic N) is 1. The van der Waals surface area contributed by atoms with Gasteiger partial charge in [-0.3, -0.25) is 4.99 Å². The molecule has 17 heavy (non-hydrogen) atoms. The number of nitrogens with two attached hydrogens (primary N) is 1. The number of nitrogens with one attached hydrogen (secondary N) is 1. The highest BCUT2D eigenvalue weighted by Gasteiger charge is 1.79. The molecule has 0 bridgehead atoms. The molecule has 3 heteroatoms. The topological polar surface area (TPSA) is 62.2 Å².